The number of halogens is 1. The van der Waals surface area contributed by atoms with Crippen LogP contribution in [0.3, 0.4) is 0 Å². The fourth-order valence-corrected chi connectivity index (χ4v) is 2.70. The van der Waals surface area contributed by atoms with Gasteiger partial charge in [-0.3, -0.25) is 30.3 Å². The van der Waals surface area contributed by atoms with Crippen molar-refractivity contribution in [2.45, 2.75) is 0 Å². The molecule has 25 heavy (non-hydrogen) atoms. The molecule has 2 N–H and O–H groups in total. The highest BCUT2D eigenvalue weighted by atomic mass is 79.9. The third kappa shape index (κ3) is 3.33. The molecule has 1 fully saturated rings. The van der Waals surface area contributed by atoms with Crippen LogP contribution in [0.4, 0.5) is 10.5 Å². The minimum absolute atomic E-state index is 0.0789. The largest absolute Gasteiger partial charge is 0.457 e. The third-order valence-electron chi connectivity index (χ3n) is 3.29. The minimum Gasteiger partial charge on any atom is -0.457 e. The Bertz CT molecular complexity index is 940. The minimum atomic E-state index is -0.887. The number of carbonyl (C=O) groups is 3. The highest BCUT2D eigenvalue weighted by Crippen LogP contribution is 2.33. The van der Waals surface area contributed by atoms with Crippen molar-refractivity contribution in [2.75, 3.05) is 0 Å². The van der Waals surface area contributed by atoms with E-state index in [1.54, 1.807) is 6.07 Å². The maximum Gasteiger partial charge on any atom is 0.328 e. The second-order valence-electron chi connectivity index (χ2n) is 4.92. The van der Waals surface area contributed by atoms with Gasteiger partial charge >= 0.3 is 6.03 Å². The van der Waals surface area contributed by atoms with Crippen LogP contribution in [0.15, 0.2) is 44.8 Å². The molecule has 2 aromatic rings. The Labute approximate surface area is 148 Å². The van der Waals surface area contributed by atoms with E-state index >= 15 is 0 Å². The summed E-state index contributed by atoms with van der Waals surface area (Å²) in [6.07, 6.45) is 1.19. The van der Waals surface area contributed by atoms with E-state index in [2.05, 4.69) is 15.9 Å². The van der Waals surface area contributed by atoms with E-state index < -0.39 is 22.8 Å². The molecule has 3 rings (SSSR count). The highest BCUT2D eigenvalue weighted by Gasteiger charge is 2.28. The van der Waals surface area contributed by atoms with Crippen LogP contribution in [0.5, 0.6) is 0 Å². The number of benzene rings is 1. The Kier molecular flexibility index (Phi) is 4.19. The van der Waals surface area contributed by atoms with Crippen molar-refractivity contribution in [2.24, 2.45) is 0 Å². The summed E-state index contributed by atoms with van der Waals surface area (Å²) in [5, 5.41) is 14.7. The zero-order chi connectivity index (χ0) is 18.1. The van der Waals surface area contributed by atoms with Crippen LogP contribution < -0.4 is 10.6 Å². The Morgan fingerprint density at radius 2 is 1.76 bits per heavy atom. The molecule has 1 aromatic carbocycles. The van der Waals surface area contributed by atoms with Gasteiger partial charge in [0, 0.05) is 22.2 Å². The standard InChI is InChI=1S/C15H8BrN3O6/c16-11-5-7(19(23)24)1-3-9(11)12-4-2-8(25-12)6-10-13(20)17-15(22)18-14(10)21/h1-6H,(H2,17,18,20,21,22). The molecule has 0 radical (unpaired) electrons. The first-order valence-electron chi connectivity index (χ1n) is 6.77. The molecule has 126 valence electrons. The number of nitro benzene ring substituents is 1. The summed E-state index contributed by atoms with van der Waals surface area (Å²) in [5.74, 6) is -1.08. The Morgan fingerprint density at radius 3 is 2.36 bits per heavy atom. The number of rotatable bonds is 3. The van der Waals surface area contributed by atoms with E-state index in [-0.39, 0.29) is 17.0 Å². The number of nitrogens with one attached hydrogen (secondary N) is 2. The molecule has 0 aliphatic carbocycles. The molecule has 0 atom stereocenters. The van der Waals surface area contributed by atoms with Gasteiger partial charge in [-0.25, -0.2) is 4.79 Å². The van der Waals surface area contributed by atoms with E-state index in [1.807, 2.05) is 10.6 Å². The fourth-order valence-electron chi connectivity index (χ4n) is 2.14. The number of barbiturate groups is 1. The highest BCUT2D eigenvalue weighted by molar-refractivity contribution is 9.10. The fraction of sp³-hybridized carbons (Fsp3) is 0. The van der Waals surface area contributed by atoms with Crippen molar-refractivity contribution in [3.8, 4) is 11.3 Å². The second kappa shape index (κ2) is 6.32. The predicted octanol–water partition coefficient (Wildman–Crippen LogP) is 2.37. The summed E-state index contributed by atoms with van der Waals surface area (Å²) >= 11 is 3.24. The summed E-state index contributed by atoms with van der Waals surface area (Å²) in [4.78, 5) is 44.6. The number of furan rings is 1. The molecule has 9 nitrogen and oxygen atoms in total. The molecule has 1 aliphatic rings. The van der Waals surface area contributed by atoms with Gasteiger partial charge < -0.3 is 4.42 Å². The average Bonchev–Trinajstić information content (AvgIpc) is 2.99. The summed E-state index contributed by atoms with van der Waals surface area (Å²) in [6.45, 7) is 0. The molecule has 0 saturated carbocycles. The summed E-state index contributed by atoms with van der Waals surface area (Å²) in [7, 11) is 0. The molecule has 0 unspecified atom stereocenters. The van der Waals surface area contributed by atoms with Gasteiger partial charge in [-0.15, -0.1) is 0 Å². The monoisotopic (exact) mass is 405 g/mol. The van der Waals surface area contributed by atoms with Gasteiger partial charge in [-0.2, -0.15) is 0 Å². The smallest absolute Gasteiger partial charge is 0.328 e. The van der Waals surface area contributed by atoms with Crippen LogP contribution in [-0.2, 0) is 9.59 Å². The number of nitrogens with zero attached hydrogens (tertiary/aromatic N) is 1. The molecule has 0 bridgehead atoms. The van der Waals surface area contributed by atoms with Gasteiger partial charge in [0.1, 0.15) is 17.1 Å². The quantitative estimate of drug-likeness (QED) is 0.348. The number of imide groups is 2. The number of hydrogen-bond donors (Lipinski definition) is 2. The van der Waals surface area contributed by atoms with Gasteiger partial charge in [0.25, 0.3) is 17.5 Å². The lowest BCUT2D eigenvalue weighted by Gasteiger charge is -2.13. The van der Waals surface area contributed by atoms with Crippen LogP contribution in [0, 0.1) is 10.1 Å². The molecule has 1 saturated heterocycles. The lowest BCUT2D eigenvalue weighted by atomic mass is 10.1. The molecule has 10 heteroatoms. The topological polar surface area (TPSA) is 132 Å². The van der Waals surface area contributed by atoms with Crippen LogP contribution in [-0.4, -0.2) is 22.8 Å². The SMILES string of the molecule is O=C1NC(=O)C(=Cc2ccc(-c3ccc([N+](=O)[O-])cc3Br)o2)C(=O)N1. The first-order valence-corrected chi connectivity index (χ1v) is 7.57. The Morgan fingerprint density at radius 1 is 1.08 bits per heavy atom. The van der Waals surface area contributed by atoms with Crippen molar-refractivity contribution >= 4 is 45.5 Å². The maximum absolute atomic E-state index is 11.7. The molecule has 0 spiro atoms. The zero-order valence-electron chi connectivity index (χ0n) is 12.2. The number of non-ortho nitro benzene ring substituents is 1. The lowest BCUT2D eigenvalue weighted by Crippen LogP contribution is -2.51. The molecule has 4 amide bonds. The summed E-state index contributed by atoms with van der Waals surface area (Å²) in [6, 6.07) is 6.39. The number of urea groups is 1. The van der Waals surface area contributed by atoms with Crippen molar-refractivity contribution < 1.29 is 23.7 Å². The zero-order valence-corrected chi connectivity index (χ0v) is 13.8. The average molecular weight is 406 g/mol. The van der Waals surface area contributed by atoms with Gasteiger partial charge in [0.15, 0.2) is 0 Å². The van der Waals surface area contributed by atoms with E-state index in [9.17, 15) is 24.5 Å². The van der Waals surface area contributed by atoms with Gasteiger partial charge in [-0.05, 0) is 40.2 Å². The number of nitro groups is 1. The van der Waals surface area contributed by atoms with Crippen molar-refractivity contribution in [1.82, 2.24) is 10.6 Å². The van der Waals surface area contributed by atoms with Crippen LogP contribution in [0.1, 0.15) is 5.76 Å². The Balaban J connectivity index is 1.92. The number of carbonyl (C=O) groups excluding carboxylic acids is 3. The van der Waals surface area contributed by atoms with Gasteiger partial charge in [0.2, 0.25) is 0 Å². The van der Waals surface area contributed by atoms with Gasteiger partial charge in [0.05, 0.1) is 4.92 Å². The van der Waals surface area contributed by atoms with E-state index in [4.69, 9.17) is 4.42 Å². The van der Waals surface area contributed by atoms with Crippen molar-refractivity contribution in [1.29, 1.82) is 0 Å². The number of hydrogen-bond acceptors (Lipinski definition) is 6. The summed E-state index contributed by atoms with van der Waals surface area (Å²) in [5.41, 5.74) is 0.205. The predicted molar refractivity (Wildman–Crippen MR) is 88.2 cm³/mol. The van der Waals surface area contributed by atoms with Crippen LogP contribution in [0.25, 0.3) is 17.4 Å². The molecular formula is C15H8BrN3O6. The van der Waals surface area contributed by atoms with Crippen molar-refractivity contribution in [3.05, 3.63) is 56.3 Å². The molecule has 1 aliphatic heterocycles. The molecule has 2 heterocycles. The van der Waals surface area contributed by atoms with Crippen LogP contribution in [0.2, 0.25) is 0 Å². The van der Waals surface area contributed by atoms with E-state index in [1.165, 1.54) is 30.3 Å². The van der Waals surface area contributed by atoms with E-state index in [0.29, 0.717) is 15.8 Å². The third-order valence-corrected chi connectivity index (χ3v) is 3.94. The summed E-state index contributed by atoms with van der Waals surface area (Å²) < 4.78 is 6.01. The molecule has 1 aromatic heterocycles. The molecular weight excluding hydrogens is 398 g/mol. The van der Waals surface area contributed by atoms with Crippen molar-refractivity contribution in [3.63, 3.8) is 0 Å². The maximum atomic E-state index is 11.7. The first kappa shape index (κ1) is 16.6. The van der Waals surface area contributed by atoms with E-state index in [0.717, 1.165) is 0 Å². The first-order chi connectivity index (χ1) is 11.8. The van der Waals surface area contributed by atoms with Crippen LogP contribution >= 0.6 is 15.9 Å². The Hall–Kier alpha value is -3.27. The normalized spacial score (nSPS) is 14.1. The van der Waals surface area contributed by atoms with Gasteiger partial charge in [-0.1, -0.05) is 0 Å². The second-order valence-corrected chi connectivity index (χ2v) is 5.77. The lowest BCUT2D eigenvalue weighted by molar-refractivity contribution is -0.384. The number of amides is 4.